The third kappa shape index (κ3) is 4.97. The summed E-state index contributed by atoms with van der Waals surface area (Å²) < 4.78 is 20.5. The van der Waals surface area contributed by atoms with Crippen LogP contribution in [0.4, 0.5) is 21.5 Å². The second-order valence-electron chi connectivity index (χ2n) is 8.32. The molecule has 9 nitrogen and oxygen atoms in total. The Balaban J connectivity index is 1.81. The van der Waals surface area contributed by atoms with Crippen molar-refractivity contribution >= 4 is 39.8 Å². The van der Waals surface area contributed by atoms with Gasteiger partial charge in [-0.25, -0.2) is 4.39 Å². The third-order valence-corrected chi connectivity index (χ3v) is 6.01. The van der Waals surface area contributed by atoms with Gasteiger partial charge < -0.3 is 30.7 Å². The predicted octanol–water partition coefficient (Wildman–Crippen LogP) is 2.56. The van der Waals surface area contributed by atoms with Gasteiger partial charge in [0.05, 0.1) is 34.7 Å². The van der Waals surface area contributed by atoms with Gasteiger partial charge in [0.25, 0.3) is 5.91 Å². The number of aliphatic hydroxyl groups excluding tert-OH is 1. The molecule has 3 aromatic rings. The molecular formula is C25H28FN5O4. The number of aromatic nitrogens is 1. The molecule has 0 radical (unpaired) electrons. The van der Waals surface area contributed by atoms with Crippen LogP contribution in [0.2, 0.25) is 0 Å². The summed E-state index contributed by atoms with van der Waals surface area (Å²) in [7, 11) is 0. The van der Waals surface area contributed by atoms with Gasteiger partial charge in [0.15, 0.2) is 0 Å². The molecule has 0 aliphatic carbocycles. The lowest BCUT2D eigenvalue weighted by atomic mass is 10.1. The summed E-state index contributed by atoms with van der Waals surface area (Å²) in [5, 5.41) is 12.8. The number of aryl methyl sites for hydroxylation is 1. The number of carbonyl (C=O) groups is 2. The van der Waals surface area contributed by atoms with Gasteiger partial charge in [-0.1, -0.05) is 6.07 Å². The number of rotatable bonds is 7. The Bertz CT molecular complexity index is 1270. The van der Waals surface area contributed by atoms with E-state index in [1.807, 2.05) is 13.0 Å². The number of piperazine rings is 1. The first-order chi connectivity index (χ1) is 16.8. The molecule has 10 heteroatoms. The standard InChI is InChI=1S/C25H28FN5O4/c1-3-35-22-12-20-16(11-21(22)30-6-8-31(9-7-30)23(33)14-32)24(17(13-28-20)25(27)34)29-19-5-4-15(2)10-18(19)26/h4-5,10-13,32H,3,6-9,14H2,1-2H3,(H2,27,34)(H,28,29). The molecule has 1 aliphatic rings. The fraction of sp³-hybridized carbons (Fsp3) is 0.320. The number of halogens is 1. The van der Waals surface area contributed by atoms with Crippen LogP contribution in [0.1, 0.15) is 22.8 Å². The molecule has 35 heavy (non-hydrogen) atoms. The minimum Gasteiger partial charge on any atom is -0.492 e. The average Bonchev–Trinajstić information content (AvgIpc) is 2.85. The Kier molecular flexibility index (Phi) is 7.02. The molecular weight excluding hydrogens is 453 g/mol. The van der Waals surface area contributed by atoms with E-state index >= 15 is 0 Å². The van der Waals surface area contributed by atoms with Crippen molar-refractivity contribution in [2.24, 2.45) is 5.73 Å². The highest BCUT2D eigenvalue weighted by atomic mass is 19.1. The molecule has 1 aliphatic heterocycles. The van der Waals surface area contributed by atoms with E-state index in [0.717, 1.165) is 11.3 Å². The SMILES string of the molecule is CCOc1cc2ncc(C(N)=O)c(Nc3ccc(C)cc3F)c2cc1N1CCN(C(=O)CO)CC1. The van der Waals surface area contributed by atoms with Gasteiger partial charge in [0, 0.05) is 43.8 Å². The van der Waals surface area contributed by atoms with Crippen LogP contribution in [0.5, 0.6) is 5.75 Å². The number of carbonyl (C=O) groups excluding carboxylic acids is 2. The zero-order chi connectivity index (χ0) is 25.1. The van der Waals surface area contributed by atoms with Gasteiger partial charge in [0.2, 0.25) is 5.91 Å². The van der Waals surface area contributed by atoms with Gasteiger partial charge in [-0.05, 0) is 37.6 Å². The number of nitrogens with one attached hydrogen (secondary N) is 1. The molecule has 1 aromatic heterocycles. The van der Waals surface area contributed by atoms with E-state index in [0.29, 0.717) is 55.1 Å². The zero-order valence-corrected chi connectivity index (χ0v) is 19.7. The highest BCUT2D eigenvalue weighted by Gasteiger charge is 2.24. The fourth-order valence-corrected chi connectivity index (χ4v) is 4.20. The minimum atomic E-state index is -0.694. The predicted molar refractivity (Wildman–Crippen MR) is 132 cm³/mol. The Morgan fingerprint density at radius 3 is 2.57 bits per heavy atom. The summed E-state index contributed by atoms with van der Waals surface area (Å²) in [4.78, 5) is 32.2. The number of anilines is 3. The van der Waals surface area contributed by atoms with E-state index in [9.17, 15) is 14.0 Å². The molecule has 2 amide bonds. The number of fused-ring (bicyclic) bond motifs is 1. The Morgan fingerprint density at radius 2 is 1.94 bits per heavy atom. The van der Waals surface area contributed by atoms with Crippen LogP contribution >= 0.6 is 0 Å². The molecule has 4 N–H and O–H groups in total. The number of aliphatic hydroxyl groups is 1. The van der Waals surface area contributed by atoms with Gasteiger partial charge in [0.1, 0.15) is 18.2 Å². The number of ether oxygens (including phenoxy) is 1. The number of pyridine rings is 1. The van der Waals surface area contributed by atoms with E-state index in [1.165, 1.54) is 12.3 Å². The molecule has 0 bridgehead atoms. The quantitative estimate of drug-likeness (QED) is 0.474. The Labute approximate surface area is 202 Å². The van der Waals surface area contributed by atoms with Crippen LogP contribution < -0.4 is 20.7 Å². The van der Waals surface area contributed by atoms with Crippen molar-refractivity contribution in [3.05, 3.63) is 53.5 Å². The Morgan fingerprint density at radius 1 is 1.20 bits per heavy atom. The Hall–Kier alpha value is -3.92. The van der Waals surface area contributed by atoms with Crippen molar-refractivity contribution in [1.29, 1.82) is 0 Å². The maximum atomic E-state index is 14.7. The van der Waals surface area contributed by atoms with Crippen molar-refractivity contribution in [3.63, 3.8) is 0 Å². The number of primary amides is 1. The van der Waals surface area contributed by atoms with E-state index in [1.54, 1.807) is 30.0 Å². The molecule has 0 spiro atoms. The summed E-state index contributed by atoms with van der Waals surface area (Å²) in [5.41, 5.74) is 8.39. The number of hydrogen-bond donors (Lipinski definition) is 3. The lowest BCUT2D eigenvalue weighted by molar-refractivity contribution is -0.134. The maximum absolute atomic E-state index is 14.7. The van der Waals surface area contributed by atoms with Crippen LogP contribution in [0, 0.1) is 12.7 Å². The van der Waals surface area contributed by atoms with Crippen molar-refractivity contribution in [2.75, 3.05) is 49.6 Å². The molecule has 0 unspecified atom stereocenters. The molecule has 2 aromatic carbocycles. The third-order valence-electron chi connectivity index (χ3n) is 6.01. The van der Waals surface area contributed by atoms with Crippen molar-refractivity contribution in [2.45, 2.75) is 13.8 Å². The lowest BCUT2D eigenvalue weighted by Gasteiger charge is -2.36. The number of nitrogens with two attached hydrogens (primary N) is 1. The zero-order valence-electron chi connectivity index (χ0n) is 19.7. The molecule has 1 fully saturated rings. The molecule has 0 saturated carbocycles. The summed E-state index contributed by atoms with van der Waals surface area (Å²) in [6, 6.07) is 8.40. The molecule has 2 heterocycles. The highest BCUT2D eigenvalue weighted by Crippen LogP contribution is 2.38. The smallest absolute Gasteiger partial charge is 0.252 e. The lowest BCUT2D eigenvalue weighted by Crippen LogP contribution is -2.49. The van der Waals surface area contributed by atoms with Crippen molar-refractivity contribution in [3.8, 4) is 5.75 Å². The summed E-state index contributed by atoms with van der Waals surface area (Å²) in [6.07, 6.45) is 1.37. The molecule has 184 valence electrons. The molecule has 4 rings (SSSR count). The van der Waals surface area contributed by atoms with Crippen LogP contribution in [0.15, 0.2) is 36.5 Å². The van der Waals surface area contributed by atoms with E-state index in [-0.39, 0.29) is 17.2 Å². The number of benzene rings is 2. The van der Waals surface area contributed by atoms with Crippen LogP contribution in [0.3, 0.4) is 0 Å². The van der Waals surface area contributed by atoms with Crippen molar-refractivity contribution in [1.82, 2.24) is 9.88 Å². The van der Waals surface area contributed by atoms with Gasteiger partial charge in [-0.15, -0.1) is 0 Å². The van der Waals surface area contributed by atoms with Crippen molar-refractivity contribution < 1.29 is 23.8 Å². The summed E-state index contributed by atoms with van der Waals surface area (Å²) in [6.45, 7) is 5.52. The number of hydrogen-bond acceptors (Lipinski definition) is 7. The summed E-state index contributed by atoms with van der Waals surface area (Å²) >= 11 is 0. The normalized spacial score (nSPS) is 13.7. The number of amides is 2. The second-order valence-corrected chi connectivity index (χ2v) is 8.32. The number of nitrogens with zero attached hydrogens (tertiary/aromatic N) is 3. The maximum Gasteiger partial charge on any atom is 0.252 e. The first-order valence-corrected chi connectivity index (χ1v) is 11.4. The minimum absolute atomic E-state index is 0.131. The molecule has 1 saturated heterocycles. The van der Waals surface area contributed by atoms with Gasteiger partial charge >= 0.3 is 0 Å². The summed E-state index contributed by atoms with van der Waals surface area (Å²) in [5.74, 6) is -0.856. The van der Waals surface area contributed by atoms with E-state index in [4.69, 9.17) is 15.6 Å². The van der Waals surface area contributed by atoms with E-state index < -0.39 is 18.3 Å². The van der Waals surface area contributed by atoms with Crippen LogP contribution in [-0.4, -0.2) is 66.2 Å². The van der Waals surface area contributed by atoms with E-state index in [2.05, 4.69) is 15.2 Å². The van der Waals surface area contributed by atoms with Crippen LogP contribution in [0.25, 0.3) is 10.9 Å². The monoisotopic (exact) mass is 481 g/mol. The first kappa shape index (κ1) is 24.2. The second kappa shape index (κ2) is 10.1. The van der Waals surface area contributed by atoms with Gasteiger partial charge in [-0.2, -0.15) is 0 Å². The molecule has 0 atom stereocenters. The highest BCUT2D eigenvalue weighted by molar-refractivity contribution is 6.08. The largest absolute Gasteiger partial charge is 0.492 e. The first-order valence-electron chi connectivity index (χ1n) is 11.4. The fourth-order valence-electron chi connectivity index (χ4n) is 4.20. The topological polar surface area (TPSA) is 121 Å². The van der Waals surface area contributed by atoms with Crippen LogP contribution in [-0.2, 0) is 4.79 Å². The average molecular weight is 482 g/mol. The van der Waals surface area contributed by atoms with Gasteiger partial charge in [-0.3, -0.25) is 14.6 Å².